The third-order valence-electron chi connectivity index (χ3n) is 6.24. The molecule has 1 N–H and O–H groups in total. The first-order valence-corrected chi connectivity index (χ1v) is 11.2. The second kappa shape index (κ2) is 8.59. The van der Waals surface area contributed by atoms with E-state index in [0.717, 1.165) is 22.8 Å². The van der Waals surface area contributed by atoms with Gasteiger partial charge in [-0.3, -0.25) is 9.36 Å². The zero-order valence-corrected chi connectivity index (χ0v) is 19.7. The Hall–Kier alpha value is -4.26. The van der Waals surface area contributed by atoms with Gasteiger partial charge in [-0.2, -0.15) is 0 Å². The molecule has 5 aromatic rings. The summed E-state index contributed by atoms with van der Waals surface area (Å²) in [5.74, 6) is 0.646. The van der Waals surface area contributed by atoms with Gasteiger partial charge in [-0.25, -0.2) is 9.67 Å². The molecule has 0 saturated heterocycles. The first-order valence-electron chi connectivity index (χ1n) is 11.2. The summed E-state index contributed by atoms with van der Waals surface area (Å²) in [6.07, 6.45) is 1.93. The van der Waals surface area contributed by atoms with Crippen molar-refractivity contribution in [2.24, 2.45) is 0 Å². The summed E-state index contributed by atoms with van der Waals surface area (Å²) in [6, 6.07) is 19.4. The Balaban J connectivity index is 1.38. The highest BCUT2D eigenvalue weighted by Gasteiger charge is 2.11. The van der Waals surface area contributed by atoms with Crippen LogP contribution < -0.4 is 10.9 Å². The van der Waals surface area contributed by atoms with Crippen LogP contribution in [0.25, 0.3) is 22.3 Å². The summed E-state index contributed by atoms with van der Waals surface area (Å²) in [5.41, 5.74) is 7.84. The molecule has 2 heterocycles. The van der Waals surface area contributed by atoms with E-state index in [1.807, 2.05) is 61.7 Å². The molecule has 0 saturated carbocycles. The summed E-state index contributed by atoms with van der Waals surface area (Å²) in [5, 5.41) is 12.5. The fraction of sp³-hybridized carbons (Fsp3) is 0.185. The lowest BCUT2D eigenvalue weighted by atomic mass is 10.0. The first kappa shape index (κ1) is 21.6. The van der Waals surface area contributed by atoms with Crippen molar-refractivity contribution in [3.8, 4) is 11.4 Å². The molecule has 5 rings (SSSR count). The third-order valence-corrected chi connectivity index (χ3v) is 6.24. The Bertz CT molecular complexity index is 1540. The smallest absolute Gasteiger partial charge is 0.265 e. The minimum absolute atomic E-state index is 0.0770. The molecule has 7 nitrogen and oxygen atoms in total. The van der Waals surface area contributed by atoms with Gasteiger partial charge in [0.05, 0.1) is 35.0 Å². The van der Waals surface area contributed by atoms with Gasteiger partial charge in [0.15, 0.2) is 0 Å². The van der Waals surface area contributed by atoms with Gasteiger partial charge >= 0.3 is 0 Å². The SMILES string of the molecule is Cc1cc(-n2cc(CNc3ccc4c(=O)n(-c5ccccc5)c(C)nc4c3)nn2)cc(C)c1C. The maximum atomic E-state index is 13.1. The molecule has 0 aliphatic carbocycles. The Morgan fingerprint density at radius 1 is 0.882 bits per heavy atom. The summed E-state index contributed by atoms with van der Waals surface area (Å²) >= 11 is 0. The van der Waals surface area contributed by atoms with Crippen molar-refractivity contribution in [3.63, 3.8) is 0 Å². The van der Waals surface area contributed by atoms with Crippen molar-refractivity contribution in [2.75, 3.05) is 5.32 Å². The molecular formula is C27H26N6O. The molecule has 0 radical (unpaired) electrons. The summed E-state index contributed by atoms with van der Waals surface area (Å²) in [4.78, 5) is 17.8. The van der Waals surface area contributed by atoms with E-state index in [-0.39, 0.29) is 5.56 Å². The number of para-hydroxylation sites is 1. The molecule has 170 valence electrons. The highest BCUT2D eigenvalue weighted by molar-refractivity contribution is 5.81. The monoisotopic (exact) mass is 450 g/mol. The molecule has 0 aliphatic rings. The molecule has 0 aliphatic heterocycles. The van der Waals surface area contributed by atoms with Gasteiger partial charge < -0.3 is 5.32 Å². The largest absolute Gasteiger partial charge is 0.379 e. The standard InChI is InChI=1S/C27H26N6O/c1-17-12-24(13-18(2)19(17)3)32-16-22(30-31-32)15-28-21-10-11-25-26(14-21)29-20(4)33(27(25)34)23-8-6-5-7-9-23/h5-14,16,28H,15H2,1-4H3. The Kier molecular flexibility index (Phi) is 5.45. The van der Waals surface area contributed by atoms with E-state index in [0.29, 0.717) is 23.3 Å². The Morgan fingerprint density at radius 2 is 1.62 bits per heavy atom. The lowest BCUT2D eigenvalue weighted by Crippen LogP contribution is -2.22. The van der Waals surface area contributed by atoms with Crippen molar-refractivity contribution >= 4 is 16.6 Å². The molecule has 34 heavy (non-hydrogen) atoms. The number of hydrogen-bond acceptors (Lipinski definition) is 5. The summed E-state index contributed by atoms with van der Waals surface area (Å²) in [7, 11) is 0. The van der Waals surface area contributed by atoms with Gasteiger partial charge in [0.2, 0.25) is 0 Å². The fourth-order valence-electron chi connectivity index (χ4n) is 4.13. The third kappa shape index (κ3) is 3.96. The van der Waals surface area contributed by atoms with Crippen LogP contribution in [0, 0.1) is 27.7 Å². The molecule has 0 fully saturated rings. The van der Waals surface area contributed by atoms with E-state index in [1.54, 1.807) is 9.25 Å². The van der Waals surface area contributed by atoms with E-state index in [9.17, 15) is 4.79 Å². The Labute approximate surface area is 197 Å². The van der Waals surface area contributed by atoms with Crippen molar-refractivity contribution in [1.82, 2.24) is 24.5 Å². The molecule has 2 aromatic heterocycles. The van der Waals surface area contributed by atoms with Crippen LogP contribution in [0.2, 0.25) is 0 Å². The van der Waals surface area contributed by atoms with Crippen LogP contribution in [-0.4, -0.2) is 24.5 Å². The van der Waals surface area contributed by atoms with Gasteiger partial charge in [-0.1, -0.05) is 23.4 Å². The van der Waals surface area contributed by atoms with Crippen LogP contribution in [0.4, 0.5) is 5.69 Å². The molecular weight excluding hydrogens is 424 g/mol. The molecule has 0 bridgehead atoms. The van der Waals surface area contributed by atoms with Crippen molar-refractivity contribution in [2.45, 2.75) is 34.2 Å². The number of nitrogens with zero attached hydrogens (tertiary/aromatic N) is 5. The number of fused-ring (bicyclic) bond motifs is 1. The molecule has 0 unspecified atom stereocenters. The molecule has 7 heteroatoms. The Morgan fingerprint density at radius 3 is 2.35 bits per heavy atom. The fourth-order valence-corrected chi connectivity index (χ4v) is 4.13. The van der Waals surface area contributed by atoms with E-state index < -0.39 is 0 Å². The lowest BCUT2D eigenvalue weighted by Gasteiger charge is -2.12. The van der Waals surface area contributed by atoms with Gasteiger partial charge in [0.25, 0.3) is 5.56 Å². The summed E-state index contributed by atoms with van der Waals surface area (Å²) in [6.45, 7) is 8.70. The van der Waals surface area contributed by atoms with Crippen LogP contribution in [-0.2, 0) is 6.54 Å². The van der Waals surface area contributed by atoms with Gasteiger partial charge in [-0.15, -0.1) is 5.10 Å². The topological polar surface area (TPSA) is 77.6 Å². The average molecular weight is 451 g/mol. The normalized spacial score (nSPS) is 11.2. The average Bonchev–Trinajstić information content (AvgIpc) is 3.30. The lowest BCUT2D eigenvalue weighted by molar-refractivity contribution is 0.796. The van der Waals surface area contributed by atoms with Crippen molar-refractivity contribution in [1.29, 1.82) is 0 Å². The maximum Gasteiger partial charge on any atom is 0.265 e. The second-order valence-corrected chi connectivity index (χ2v) is 8.58. The number of anilines is 1. The number of nitrogens with one attached hydrogen (secondary N) is 1. The maximum absolute atomic E-state index is 13.1. The van der Waals surface area contributed by atoms with Crippen molar-refractivity contribution in [3.05, 3.63) is 105 Å². The number of aryl methyl sites for hydroxylation is 3. The highest BCUT2D eigenvalue weighted by atomic mass is 16.1. The quantitative estimate of drug-likeness (QED) is 0.416. The molecule has 3 aromatic carbocycles. The van der Waals surface area contributed by atoms with E-state index in [4.69, 9.17) is 0 Å². The van der Waals surface area contributed by atoms with Crippen LogP contribution in [0.15, 0.2) is 71.7 Å². The van der Waals surface area contributed by atoms with Gasteiger partial charge in [0, 0.05) is 5.69 Å². The molecule has 0 spiro atoms. The zero-order valence-electron chi connectivity index (χ0n) is 19.7. The minimum Gasteiger partial charge on any atom is -0.379 e. The number of benzene rings is 3. The number of rotatable bonds is 5. The van der Waals surface area contributed by atoms with Gasteiger partial charge in [-0.05, 0) is 86.8 Å². The number of aromatic nitrogens is 5. The van der Waals surface area contributed by atoms with Crippen LogP contribution in [0.1, 0.15) is 28.2 Å². The van der Waals surface area contributed by atoms with E-state index in [2.05, 4.69) is 53.5 Å². The molecule has 0 amide bonds. The second-order valence-electron chi connectivity index (χ2n) is 8.58. The predicted octanol–water partition coefficient (Wildman–Crippen LogP) is 4.81. The van der Waals surface area contributed by atoms with Crippen LogP contribution in [0.3, 0.4) is 0 Å². The number of hydrogen-bond donors (Lipinski definition) is 1. The van der Waals surface area contributed by atoms with Gasteiger partial charge in [0.1, 0.15) is 11.5 Å². The minimum atomic E-state index is -0.0770. The summed E-state index contributed by atoms with van der Waals surface area (Å²) < 4.78 is 3.44. The first-order chi connectivity index (χ1) is 16.4. The van der Waals surface area contributed by atoms with Crippen molar-refractivity contribution < 1.29 is 0 Å². The highest BCUT2D eigenvalue weighted by Crippen LogP contribution is 2.20. The van der Waals surface area contributed by atoms with Crippen LogP contribution in [0.5, 0.6) is 0 Å². The predicted molar refractivity (Wildman–Crippen MR) is 135 cm³/mol. The molecule has 0 atom stereocenters. The van der Waals surface area contributed by atoms with E-state index in [1.165, 1.54) is 16.7 Å². The zero-order chi connectivity index (χ0) is 23.8. The van der Waals surface area contributed by atoms with E-state index >= 15 is 0 Å². The van der Waals surface area contributed by atoms with Crippen LogP contribution >= 0.6 is 0 Å².